The predicted octanol–water partition coefficient (Wildman–Crippen LogP) is 15.0. The minimum absolute atomic E-state index is 0.0458. The van der Waals surface area contributed by atoms with E-state index in [1.54, 1.807) is 0 Å². The summed E-state index contributed by atoms with van der Waals surface area (Å²) in [5.74, 6) is -0.524. The van der Waals surface area contributed by atoms with Crippen molar-refractivity contribution in [1.82, 2.24) is 5.32 Å². The largest absolute Gasteiger partial charge is 0.462 e. The molecular weight excluding hydrogens is 743 g/mol. The first-order valence-electron chi connectivity index (χ1n) is 25.2. The van der Waals surface area contributed by atoms with Gasteiger partial charge < -0.3 is 20.3 Å². The van der Waals surface area contributed by atoms with Gasteiger partial charge in [-0.3, -0.25) is 9.59 Å². The molecule has 6 heteroatoms. The van der Waals surface area contributed by atoms with Crippen molar-refractivity contribution in [3.63, 3.8) is 0 Å². The van der Waals surface area contributed by atoms with Gasteiger partial charge in [-0.15, -0.1) is 0 Å². The molecule has 3 unspecified atom stereocenters. The number of carbonyl (C=O) groups is 2. The summed E-state index contributed by atoms with van der Waals surface area (Å²) in [6, 6.07) is -0.718. The Morgan fingerprint density at radius 1 is 0.517 bits per heavy atom. The predicted molar refractivity (Wildman–Crippen MR) is 259 cm³/mol. The molecule has 0 spiro atoms. The van der Waals surface area contributed by atoms with Crippen molar-refractivity contribution in [2.75, 3.05) is 6.61 Å². The van der Waals surface area contributed by atoms with Gasteiger partial charge in [-0.2, -0.15) is 0 Å². The molecular formula is C54H95NO5. The van der Waals surface area contributed by atoms with E-state index >= 15 is 0 Å². The van der Waals surface area contributed by atoms with Crippen LogP contribution in [0, 0.1) is 0 Å². The van der Waals surface area contributed by atoms with E-state index in [1.165, 1.54) is 96.3 Å². The van der Waals surface area contributed by atoms with Crippen molar-refractivity contribution in [2.45, 2.75) is 251 Å². The molecule has 0 aliphatic heterocycles. The summed E-state index contributed by atoms with van der Waals surface area (Å²) in [7, 11) is 0. The van der Waals surface area contributed by atoms with E-state index < -0.39 is 18.2 Å². The summed E-state index contributed by atoms with van der Waals surface area (Å²) in [6.45, 7) is 6.31. The third-order valence-corrected chi connectivity index (χ3v) is 11.1. The standard InChI is InChI=1S/C54H95NO5/c1-4-7-10-13-16-19-22-24-26-27-28-31-33-36-39-42-45-50(60-54(59)47-44-41-38-35-32-29-25-23-20-17-14-11-8-5-2)48-53(58)55-51(49-56)52(57)46-43-40-37-34-30-21-18-15-12-9-6-3/h8,11,16-17,19-20,22,24,26-28,31,50-52,56-57H,4-7,9-10,12-15,18,21,23,25,29-30,32-49H2,1-3H3,(H,55,58)/b11-8+,19-16+,20-17+,24-22+,27-26+,31-28+. The van der Waals surface area contributed by atoms with E-state index in [1.807, 2.05) is 6.08 Å². The van der Waals surface area contributed by atoms with Crippen LogP contribution in [0.3, 0.4) is 0 Å². The fraction of sp³-hybridized carbons (Fsp3) is 0.741. The van der Waals surface area contributed by atoms with Crippen molar-refractivity contribution < 1.29 is 24.5 Å². The SMILES string of the molecule is CC/C=C/C/C=C/CCCCCCCCCC(=O)OC(CCCCC/C=C/C=C/C=C/C=C/CCCCC)CC(=O)NC(CO)C(O)CCCCCCCCCCCCC. The summed E-state index contributed by atoms with van der Waals surface area (Å²) < 4.78 is 5.91. The van der Waals surface area contributed by atoms with Gasteiger partial charge in [0.05, 0.1) is 25.2 Å². The summed E-state index contributed by atoms with van der Waals surface area (Å²) in [6.07, 6.45) is 59.5. The third kappa shape index (κ3) is 42.0. The molecule has 0 rings (SSSR count). The van der Waals surface area contributed by atoms with Crippen molar-refractivity contribution in [3.8, 4) is 0 Å². The van der Waals surface area contributed by atoms with Gasteiger partial charge in [-0.1, -0.05) is 216 Å². The maximum atomic E-state index is 13.2. The Morgan fingerprint density at radius 2 is 0.967 bits per heavy atom. The Morgan fingerprint density at radius 3 is 1.55 bits per heavy atom. The number of rotatable bonds is 44. The Labute approximate surface area is 371 Å². The maximum Gasteiger partial charge on any atom is 0.306 e. The van der Waals surface area contributed by atoms with Crippen LogP contribution >= 0.6 is 0 Å². The van der Waals surface area contributed by atoms with E-state index in [9.17, 15) is 19.8 Å². The van der Waals surface area contributed by atoms with E-state index in [0.717, 1.165) is 89.9 Å². The monoisotopic (exact) mass is 838 g/mol. The Bertz CT molecular complexity index is 1120. The number of amides is 1. The highest BCUT2D eigenvalue weighted by atomic mass is 16.5. The zero-order valence-electron chi connectivity index (χ0n) is 39.3. The number of ether oxygens (including phenoxy) is 1. The van der Waals surface area contributed by atoms with Crippen LogP contribution in [-0.4, -0.2) is 46.9 Å². The van der Waals surface area contributed by atoms with Crippen molar-refractivity contribution in [2.24, 2.45) is 0 Å². The lowest BCUT2D eigenvalue weighted by molar-refractivity contribution is -0.151. The Balaban J connectivity index is 4.71. The van der Waals surface area contributed by atoms with Gasteiger partial charge in [-0.25, -0.2) is 0 Å². The smallest absolute Gasteiger partial charge is 0.306 e. The fourth-order valence-electron chi connectivity index (χ4n) is 7.30. The van der Waals surface area contributed by atoms with Crippen LogP contribution in [0.25, 0.3) is 0 Å². The van der Waals surface area contributed by atoms with Crippen molar-refractivity contribution >= 4 is 11.9 Å². The van der Waals surface area contributed by atoms with Gasteiger partial charge in [-0.05, 0) is 77.0 Å². The van der Waals surface area contributed by atoms with Gasteiger partial charge in [0.25, 0.3) is 0 Å². The highest BCUT2D eigenvalue weighted by Crippen LogP contribution is 2.17. The van der Waals surface area contributed by atoms with Crippen molar-refractivity contribution in [1.29, 1.82) is 0 Å². The number of hydrogen-bond acceptors (Lipinski definition) is 5. The lowest BCUT2D eigenvalue weighted by atomic mass is 10.0. The van der Waals surface area contributed by atoms with Crippen LogP contribution in [0.1, 0.15) is 233 Å². The van der Waals surface area contributed by atoms with E-state index in [4.69, 9.17) is 4.74 Å². The molecule has 60 heavy (non-hydrogen) atoms. The summed E-state index contributed by atoms with van der Waals surface area (Å²) in [5, 5.41) is 23.7. The minimum atomic E-state index is -0.801. The van der Waals surface area contributed by atoms with Crippen LogP contribution in [0.2, 0.25) is 0 Å². The number of hydrogen-bond donors (Lipinski definition) is 3. The average molecular weight is 838 g/mol. The number of carbonyl (C=O) groups excluding carboxylic acids is 2. The van der Waals surface area contributed by atoms with Gasteiger partial charge >= 0.3 is 5.97 Å². The molecule has 0 aromatic rings. The van der Waals surface area contributed by atoms with Gasteiger partial charge in [0.1, 0.15) is 6.10 Å². The second kappa shape index (κ2) is 47.4. The lowest BCUT2D eigenvalue weighted by Crippen LogP contribution is -2.46. The molecule has 3 N–H and O–H groups in total. The zero-order chi connectivity index (χ0) is 43.8. The average Bonchev–Trinajstić information content (AvgIpc) is 3.24. The van der Waals surface area contributed by atoms with Crippen LogP contribution in [0.4, 0.5) is 0 Å². The van der Waals surface area contributed by atoms with Crippen LogP contribution < -0.4 is 5.32 Å². The van der Waals surface area contributed by atoms with Gasteiger partial charge in [0, 0.05) is 6.42 Å². The summed E-state index contributed by atoms with van der Waals surface area (Å²) in [5.41, 5.74) is 0. The van der Waals surface area contributed by atoms with Gasteiger partial charge in [0.15, 0.2) is 0 Å². The molecule has 0 bridgehead atoms. The number of allylic oxidation sites excluding steroid dienone is 12. The first-order chi connectivity index (χ1) is 29.5. The van der Waals surface area contributed by atoms with E-state index in [0.29, 0.717) is 19.3 Å². The molecule has 0 fully saturated rings. The number of aliphatic hydroxyl groups excluding tert-OH is 2. The molecule has 1 amide bonds. The van der Waals surface area contributed by atoms with Crippen LogP contribution in [0.15, 0.2) is 72.9 Å². The fourth-order valence-corrected chi connectivity index (χ4v) is 7.30. The highest BCUT2D eigenvalue weighted by molar-refractivity contribution is 5.77. The van der Waals surface area contributed by atoms with E-state index in [-0.39, 0.29) is 24.9 Å². The third-order valence-electron chi connectivity index (χ3n) is 11.1. The van der Waals surface area contributed by atoms with Crippen molar-refractivity contribution in [3.05, 3.63) is 72.9 Å². The molecule has 6 nitrogen and oxygen atoms in total. The lowest BCUT2D eigenvalue weighted by Gasteiger charge is -2.24. The molecule has 0 aromatic heterocycles. The minimum Gasteiger partial charge on any atom is -0.462 e. The molecule has 3 atom stereocenters. The van der Waals surface area contributed by atoms with Crippen LogP contribution in [0.5, 0.6) is 0 Å². The second-order valence-corrected chi connectivity index (χ2v) is 16.9. The Kier molecular flexibility index (Phi) is 45.2. The molecule has 0 aliphatic carbocycles. The summed E-state index contributed by atoms with van der Waals surface area (Å²) in [4.78, 5) is 26.1. The first kappa shape index (κ1) is 57.3. The quantitative estimate of drug-likeness (QED) is 0.0246. The van der Waals surface area contributed by atoms with Crippen LogP contribution in [-0.2, 0) is 14.3 Å². The maximum absolute atomic E-state index is 13.2. The molecule has 0 aromatic carbocycles. The second-order valence-electron chi connectivity index (χ2n) is 16.9. The molecule has 0 radical (unpaired) electrons. The highest BCUT2D eigenvalue weighted by Gasteiger charge is 2.24. The topological polar surface area (TPSA) is 95.9 Å². The number of aliphatic hydroxyl groups is 2. The molecule has 0 saturated carbocycles. The number of esters is 1. The molecule has 0 aliphatic rings. The zero-order valence-corrected chi connectivity index (χ0v) is 39.3. The Hall–Kier alpha value is -2.70. The number of nitrogens with one attached hydrogen (secondary N) is 1. The summed E-state index contributed by atoms with van der Waals surface area (Å²) >= 11 is 0. The first-order valence-corrected chi connectivity index (χ1v) is 25.2. The normalized spacial score (nSPS) is 13.9. The molecule has 0 heterocycles. The van der Waals surface area contributed by atoms with Gasteiger partial charge in [0.2, 0.25) is 5.91 Å². The van der Waals surface area contributed by atoms with E-state index in [2.05, 4.69) is 92.9 Å². The molecule has 346 valence electrons. The number of unbranched alkanes of at least 4 members (excludes halogenated alkanes) is 23. The molecule has 0 saturated heterocycles.